The normalized spacial score (nSPS) is 31.1. The van der Waals surface area contributed by atoms with Gasteiger partial charge in [-0.1, -0.05) is 6.92 Å². The molecule has 2 N–H and O–H groups in total. The lowest BCUT2D eigenvalue weighted by Gasteiger charge is -2.24. The summed E-state index contributed by atoms with van der Waals surface area (Å²) in [5, 5.41) is 6.46. The second kappa shape index (κ2) is 6.02. The minimum Gasteiger partial charge on any atom is -0.376 e. The first-order chi connectivity index (χ1) is 8.61. The van der Waals surface area contributed by atoms with Crippen LogP contribution in [0.4, 0.5) is 0 Å². The first-order valence-corrected chi connectivity index (χ1v) is 7.29. The van der Waals surface area contributed by atoms with E-state index in [1.807, 2.05) is 13.8 Å². The maximum absolute atomic E-state index is 12.0. The van der Waals surface area contributed by atoms with Crippen molar-refractivity contribution in [1.82, 2.24) is 10.6 Å². The van der Waals surface area contributed by atoms with E-state index in [1.54, 1.807) is 0 Å². The number of nitrogens with one attached hydrogen (secondary N) is 2. The molecule has 0 aromatic heterocycles. The highest BCUT2D eigenvalue weighted by atomic mass is 16.5. The highest BCUT2D eigenvalue weighted by molar-refractivity contribution is 5.81. The van der Waals surface area contributed by atoms with Gasteiger partial charge in [0.25, 0.3) is 0 Å². The standard InChI is InChI=1S/C14H26N2O2/c1-4-9(2)15-14(17)10(3)16-12-7-8-18-13(12)11-5-6-11/h9-13,16H,4-8H2,1-3H3,(H,15,17). The lowest BCUT2D eigenvalue weighted by Crippen LogP contribution is -2.51. The molecule has 2 fully saturated rings. The molecule has 1 aliphatic heterocycles. The van der Waals surface area contributed by atoms with Crippen molar-refractivity contribution in [1.29, 1.82) is 0 Å². The monoisotopic (exact) mass is 254 g/mol. The molecule has 1 saturated heterocycles. The van der Waals surface area contributed by atoms with Crippen LogP contribution in [-0.2, 0) is 9.53 Å². The van der Waals surface area contributed by atoms with Crippen molar-refractivity contribution < 1.29 is 9.53 Å². The van der Waals surface area contributed by atoms with Crippen molar-refractivity contribution >= 4 is 5.91 Å². The molecule has 4 heteroatoms. The molecule has 0 spiro atoms. The molecule has 0 aromatic rings. The maximum Gasteiger partial charge on any atom is 0.237 e. The van der Waals surface area contributed by atoms with E-state index in [4.69, 9.17) is 4.74 Å². The zero-order chi connectivity index (χ0) is 13.1. The van der Waals surface area contributed by atoms with Crippen LogP contribution in [0, 0.1) is 5.92 Å². The van der Waals surface area contributed by atoms with Crippen LogP contribution in [0.15, 0.2) is 0 Å². The van der Waals surface area contributed by atoms with Gasteiger partial charge in [-0.3, -0.25) is 4.79 Å². The van der Waals surface area contributed by atoms with Crippen LogP contribution in [0.5, 0.6) is 0 Å². The first kappa shape index (κ1) is 13.8. The number of amides is 1. The van der Waals surface area contributed by atoms with E-state index in [0.29, 0.717) is 12.1 Å². The van der Waals surface area contributed by atoms with Gasteiger partial charge >= 0.3 is 0 Å². The van der Waals surface area contributed by atoms with Crippen molar-refractivity contribution in [3.63, 3.8) is 0 Å². The SMILES string of the molecule is CCC(C)NC(=O)C(C)NC1CCOC1C1CC1. The Bertz CT molecular complexity index is 292. The first-order valence-electron chi connectivity index (χ1n) is 7.29. The van der Waals surface area contributed by atoms with E-state index in [2.05, 4.69) is 17.6 Å². The van der Waals surface area contributed by atoms with Gasteiger partial charge in [0.2, 0.25) is 5.91 Å². The number of carbonyl (C=O) groups is 1. The molecule has 1 amide bonds. The van der Waals surface area contributed by atoms with Crippen molar-refractivity contribution in [3.05, 3.63) is 0 Å². The quantitative estimate of drug-likeness (QED) is 0.754. The Morgan fingerprint density at radius 3 is 2.67 bits per heavy atom. The molecule has 2 aliphatic rings. The van der Waals surface area contributed by atoms with Gasteiger partial charge in [-0.05, 0) is 45.4 Å². The molecule has 18 heavy (non-hydrogen) atoms. The van der Waals surface area contributed by atoms with Gasteiger partial charge in [-0.2, -0.15) is 0 Å². The minimum atomic E-state index is -0.132. The fraction of sp³-hybridized carbons (Fsp3) is 0.929. The van der Waals surface area contributed by atoms with Gasteiger partial charge in [0.15, 0.2) is 0 Å². The molecule has 4 atom stereocenters. The Kier molecular flexibility index (Phi) is 4.62. The lowest BCUT2D eigenvalue weighted by atomic mass is 10.1. The average Bonchev–Trinajstić information content (AvgIpc) is 3.10. The molecule has 1 aliphatic carbocycles. The van der Waals surface area contributed by atoms with Gasteiger partial charge < -0.3 is 15.4 Å². The fourth-order valence-corrected chi connectivity index (χ4v) is 2.55. The number of rotatable bonds is 6. The molecule has 0 radical (unpaired) electrons. The molecule has 2 rings (SSSR count). The van der Waals surface area contributed by atoms with Crippen LogP contribution in [-0.4, -0.2) is 36.7 Å². The van der Waals surface area contributed by atoms with Crippen LogP contribution < -0.4 is 10.6 Å². The Hall–Kier alpha value is -0.610. The number of ether oxygens (including phenoxy) is 1. The Morgan fingerprint density at radius 2 is 2.06 bits per heavy atom. The Labute approximate surface area is 110 Å². The lowest BCUT2D eigenvalue weighted by molar-refractivity contribution is -0.123. The van der Waals surface area contributed by atoms with Crippen LogP contribution in [0.1, 0.15) is 46.5 Å². The Balaban J connectivity index is 1.78. The molecule has 104 valence electrons. The van der Waals surface area contributed by atoms with E-state index in [0.717, 1.165) is 25.4 Å². The predicted molar refractivity (Wildman–Crippen MR) is 71.4 cm³/mol. The average molecular weight is 254 g/mol. The van der Waals surface area contributed by atoms with Crippen LogP contribution >= 0.6 is 0 Å². The molecule has 4 nitrogen and oxygen atoms in total. The minimum absolute atomic E-state index is 0.103. The zero-order valence-corrected chi connectivity index (χ0v) is 11.7. The highest BCUT2D eigenvalue weighted by Gasteiger charge is 2.41. The number of carbonyl (C=O) groups excluding carboxylic acids is 1. The smallest absolute Gasteiger partial charge is 0.237 e. The predicted octanol–water partition coefficient (Wildman–Crippen LogP) is 1.45. The van der Waals surface area contributed by atoms with E-state index in [9.17, 15) is 4.79 Å². The second-order valence-electron chi connectivity index (χ2n) is 5.77. The second-order valence-corrected chi connectivity index (χ2v) is 5.77. The van der Waals surface area contributed by atoms with E-state index >= 15 is 0 Å². The van der Waals surface area contributed by atoms with Gasteiger partial charge in [0, 0.05) is 18.7 Å². The van der Waals surface area contributed by atoms with Gasteiger partial charge in [0.05, 0.1) is 12.1 Å². The van der Waals surface area contributed by atoms with E-state index in [1.165, 1.54) is 12.8 Å². The third kappa shape index (κ3) is 3.45. The number of hydrogen-bond acceptors (Lipinski definition) is 3. The summed E-state index contributed by atoms with van der Waals surface area (Å²) in [6, 6.07) is 0.475. The third-order valence-electron chi connectivity index (χ3n) is 4.08. The summed E-state index contributed by atoms with van der Waals surface area (Å²) in [5.41, 5.74) is 0. The summed E-state index contributed by atoms with van der Waals surface area (Å²) >= 11 is 0. The van der Waals surface area contributed by atoms with Crippen LogP contribution in [0.3, 0.4) is 0 Å². The molecular weight excluding hydrogens is 228 g/mol. The summed E-state index contributed by atoms with van der Waals surface area (Å²) in [7, 11) is 0. The van der Waals surface area contributed by atoms with Crippen LogP contribution in [0.2, 0.25) is 0 Å². The van der Waals surface area contributed by atoms with Crippen molar-refractivity contribution in [2.45, 2.75) is 70.7 Å². The van der Waals surface area contributed by atoms with Crippen molar-refractivity contribution in [2.75, 3.05) is 6.61 Å². The molecular formula is C14H26N2O2. The molecule has 1 heterocycles. The van der Waals surface area contributed by atoms with Gasteiger partial charge in [-0.15, -0.1) is 0 Å². The zero-order valence-electron chi connectivity index (χ0n) is 11.7. The molecule has 4 unspecified atom stereocenters. The summed E-state index contributed by atoms with van der Waals surface area (Å²) in [6.07, 6.45) is 4.91. The molecule has 0 aromatic carbocycles. The molecule has 1 saturated carbocycles. The fourth-order valence-electron chi connectivity index (χ4n) is 2.55. The van der Waals surface area contributed by atoms with Crippen LogP contribution in [0.25, 0.3) is 0 Å². The number of hydrogen-bond donors (Lipinski definition) is 2. The topological polar surface area (TPSA) is 50.4 Å². The van der Waals surface area contributed by atoms with E-state index in [-0.39, 0.29) is 18.0 Å². The third-order valence-corrected chi connectivity index (χ3v) is 4.08. The van der Waals surface area contributed by atoms with Crippen molar-refractivity contribution in [2.24, 2.45) is 5.92 Å². The van der Waals surface area contributed by atoms with E-state index < -0.39 is 0 Å². The molecule has 0 bridgehead atoms. The highest BCUT2D eigenvalue weighted by Crippen LogP contribution is 2.38. The summed E-state index contributed by atoms with van der Waals surface area (Å²) in [4.78, 5) is 12.0. The van der Waals surface area contributed by atoms with Gasteiger partial charge in [-0.25, -0.2) is 0 Å². The largest absolute Gasteiger partial charge is 0.376 e. The Morgan fingerprint density at radius 1 is 1.33 bits per heavy atom. The van der Waals surface area contributed by atoms with Gasteiger partial charge in [0.1, 0.15) is 0 Å². The summed E-state index contributed by atoms with van der Waals surface area (Å²) < 4.78 is 5.78. The summed E-state index contributed by atoms with van der Waals surface area (Å²) in [5.74, 6) is 0.834. The maximum atomic E-state index is 12.0. The van der Waals surface area contributed by atoms with Crippen molar-refractivity contribution in [3.8, 4) is 0 Å². The summed E-state index contributed by atoms with van der Waals surface area (Å²) in [6.45, 7) is 6.89.